The second-order valence-electron chi connectivity index (χ2n) is 3.72. The zero-order chi connectivity index (χ0) is 9.97. The van der Waals surface area contributed by atoms with Crippen LogP contribution in [0.5, 0.6) is 0 Å². The molecular weight excluding hydrogens is 192 g/mol. The number of nitrogens with one attached hydrogen (secondary N) is 1. The molecule has 3 N–H and O–H groups in total. The van der Waals surface area contributed by atoms with Gasteiger partial charge in [-0.15, -0.1) is 11.8 Å². The average Bonchev–Trinajstić information content (AvgIpc) is 2.66. The highest BCUT2D eigenvalue weighted by Crippen LogP contribution is 2.32. The Kier molecular flexibility index (Phi) is 2.99. The fourth-order valence-electron chi connectivity index (χ4n) is 1.66. The van der Waals surface area contributed by atoms with Gasteiger partial charge in [-0.25, -0.2) is 0 Å². The molecule has 0 saturated carbocycles. The van der Waals surface area contributed by atoms with Crippen LogP contribution in [-0.2, 0) is 0 Å². The molecule has 1 saturated heterocycles. The van der Waals surface area contributed by atoms with Crippen LogP contribution in [0.15, 0.2) is 23.1 Å². The van der Waals surface area contributed by atoms with E-state index in [2.05, 4.69) is 30.4 Å². The van der Waals surface area contributed by atoms with Crippen molar-refractivity contribution < 1.29 is 0 Å². The molecule has 76 valence electrons. The monoisotopic (exact) mass is 208 g/mol. The Morgan fingerprint density at radius 2 is 2.36 bits per heavy atom. The van der Waals surface area contributed by atoms with Gasteiger partial charge in [-0.2, -0.15) is 0 Å². The summed E-state index contributed by atoms with van der Waals surface area (Å²) in [7, 11) is 0. The minimum Gasteiger partial charge on any atom is -0.398 e. The quantitative estimate of drug-likeness (QED) is 0.730. The number of nitrogen functional groups attached to an aromatic ring is 1. The van der Waals surface area contributed by atoms with Crippen molar-refractivity contribution in [3.05, 3.63) is 23.8 Å². The van der Waals surface area contributed by atoms with Crippen LogP contribution in [0.3, 0.4) is 0 Å². The second-order valence-corrected chi connectivity index (χ2v) is 5.06. The van der Waals surface area contributed by atoms with Gasteiger partial charge in [0.15, 0.2) is 0 Å². The molecule has 0 amide bonds. The molecule has 0 aliphatic carbocycles. The first-order valence-corrected chi connectivity index (χ1v) is 5.88. The molecule has 14 heavy (non-hydrogen) atoms. The van der Waals surface area contributed by atoms with Gasteiger partial charge in [-0.3, -0.25) is 0 Å². The topological polar surface area (TPSA) is 38.0 Å². The number of benzene rings is 1. The van der Waals surface area contributed by atoms with E-state index in [1.54, 1.807) is 0 Å². The summed E-state index contributed by atoms with van der Waals surface area (Å²) >= 11 is 1.90. The highest BCUT2D eigenvalue weighted by molar-refractivity contribution is 8.00. The van der Waals surface area contributed by atoms with Crippen molar-refractivity contribution in [2.24, 2.45) is 0 Å². The number of rotatable bonds is 2. The standard InChI is InChI=1S/C11H16N2S/c1-8-3-2-4-10(11(8)12)14-9-5-6-13-7-9/h2-4,9,13H,5-7,12H2,1H3. The van der Waals surface area contributed by atoms with E-state index in [9.17, 15) is 0 Å². The normalized spacial score (nSPS) is 21.4. The van der Waals surface area contributed by atoms with E-state index >= 15 is 0 Å². The third-order valence-electron chi connectivity index (χ3n) is 2.59. The van der Waals surface area contributed by atoms with Gasteiger partial charge in [0.2, 0.25) is 0 Å². The van der Waals surface area contributed by atoms with Gasteiger partial charge in [0.05, 0.1) is 0 Å². The molecule has 0 spiro atoms. The Hall–Kier alpha value is -0.670. The molecular formula is C11H16N2S. The van der Waals surface area contributed by atoms with Crippen molar-refractivity contribution in [2.45, 2.75) is 23.5 Å². The van der Waals surface area contributed by atoms with Crippen molar-refractivity contribution in [3.63, 3.8) is 0 Å². The Balaban J connectivity index is 2.11. The summed E-state index contributed by atoms with van der Waals surface area (Å²) in [5.41, 5.74) is 8.15. The molecule has 1 aliphatic rings. The average molecular weight is 208 g/mol. The molecule has 0 radical (unpaired) electrons. The van der Waals surface area contributed by atoms with Crippen molar-refractivity contribution in [1.29, 1.82) is 0 Å². The van der Waals surface area contributed by atoms with Gasteiger partial charge in [0.25, 0.3) is 0 Å². The molecule has 1 unspecified atom stereocenters. The Morgan fingerprint density at radius 1 is 1.50 bits per heavy atom. The van der Waals surface area contributed by atoms with Gasteiger partial charge < -0.3 is 11.1 Å². The zero-order valence-electron chi connectivity index (χ0n) is 8.42. The predicted octanol–water partition coefficient (Wildman–Crippen LogP) is 2.03. The van der Waals surface area contributed by atoms with Gasteiger partial charge in [0.1, 0.15) is 0 Å². The number of para-hydroxylation sites is 1. The molecule has 0 bridgehead atoms. The van der Waals surface area contributed by atoms with Crippen molar-refractivity contribution in [2.75, 3.05) is 18.8 Å². The van der Waals surface area contributed by atoms with Gasteiger partial charge in [-0.1, -0.05) is 12.1 Å². The van der Waals surface area contributed by atoms with E-state index in [1.807, 2.05) is 11.8 Å². The van der Waals surface area contributed by atoms with Crippen LogP contribution in [0, 0.1) is 6.92 Å². The molecule has 3 heteroatoms. The fraction of sp³-hybridized carbons (Fsp3) is 0.455. The first-order chi connectivity index (χ1) is 6.77. The first kappa shape index (κ1) is 9.87. The minimum atomic E-state index is 0.694. The van der Waals surface area contributed by atoms with E-state index in [1.165, 1.54) is 16.9 Å². The molecule has 1 aromatic rings. The molecule has 2 nitrogen and oxygen atoms in total. The zero-order valence-corrected chi connectivity index (χ0v) is 9.23. The van der Waals surface area contributed by atoms with Gasteiger partial charge in [-0.05, 0) is 31.5 Å². The summed E-state index contributed by atoms with van der Waals surface area (Å²) in [6.45, 7) is 4.31. The summed E-state index contributed by atoms with van der Waals surface area (Å²) in [6, 6.07) is 6.26. The number of hydrogen-bond acceptors (Lipinski definition) is 3. The summed E-state index contributed by atoms with van der Waals surface area (Å²) in [5, 5.41) is 4.06. The van der Waals surface area contributed by atoms with Gasteiger partial charge in [0, 0.05) is 22.4 Å². The maximum absolute atomic E-state index is 6.02. The Morgan fingerprint density at radius 3 is 3.07 bits per heavy atom. The molecule has 1 heterocycles. The number of aryl methyl sites for hydroxylation is 1. The third-order valence-corrected chi connectivity index (χ3v) is 3.94. The number of anilines is 1. The largest absolute Gasteiger partial charge is 0.398 e. The minimum absolute atomic E-state index is 0.694. The van der Waals surface area contributed by atoms with E-state index in [0.717, 1.165) is 18.8 Å². The van der Waals surface area contributed by atoms with Crippen LogP contribution in [-0.4, -0.2) is 18.3 Å². The molecule has 0 aromatic heterocycles. The summed E-state index contributed by atoms with van der Waals surface area (Å²) in [4.78, 5) is 1.23. The maximum Gasteiger partial charge on any atom is 0.0482 e. The lowest BCUT2D eigenvalue weighted by atomic mass is 10.2. The SMILES string of the molecule is Cc1cccc(SC2CCNC2)c1N. The van der Waals surface area contributed by atoms with Crippen LogP contribution in [0.4, 0.5) is 5.69 Å². The highest BCUT2D eigenvalue weighted by atomic mass is 32.2. The summed E-state index contributed by atoms with van der Waals surface area (Å²) in [5.74, 6) is 0. The lowest BCUT2D eigenvalue weighted by Gasteiger charge is -2.11. The lowest BCUT2D eigenvalue weighted by molar-refractivity contribution is 0.858. The van der Waals surface area contributed by atoms with Crippen LogP contribution in [0.25, 0.3) is 0 Å². The predicted molar refractivity (Wildman–Crippen MR) is 62.7 cm³/mol. The molecule has 1 aliphatic heterocycles. The van der Waals surface area contributed by atoms with Crippen molar-refractivity contribution in [1.82, 2.24) is 5.32 Å². The van der Waals surface area contributed by atoms with Crippen LogP contribution >= 0.6 is 11.8 Å². The third kappa shape index (κ3) is 2.04. The maximum atomic E-state index is 6.02. The van der Waals surface area contributed by atoms with Crippen LogP contribution in [0.1, 0.15) is 12.0 Å². The van der Waals surface area contributed by atoms with E-state index in [0.29, 0.717) is 5.25 Å². The molecule has 1 atom stereocenters. The smallest absolute Gasteiger partial charge is 0.0482 e. The van der Waals surface area contributed by atoms with E-state index in [4.69, 9.17) is 5.73 Å². The van der Waals surface area contributed by atoms with Crippen LogP contribution < -0.4 is 11.1 Å². The van der Waals surface area contributed by atoms with Gasteiger partial charge >= 0.3 is 0 Å². The Bertz CT molecular complexity index is 319. The van der Waals surface area contributed by atoms with Crippen LogP contribution in [0.2, 0.25) is 0 Å². The summed E-state index contributed by atoms with van der Waals surface area (Å²) in [6.07, 6.45) is 1.25. The number of hydrogen-bond donors (Lipinski definition) is 2. The molecule has 1 aromatic carbocycles. The second kappa shape index (κ2) is 4.24. The van der Waals surface area contributed by atoms with E-state index < -0.39 is 0 Å². The van der Waals surface area contributed by atoms with Crippen molar-refractivity contribution >= 4 is 17.4 Å². The fourth-order valence-corrected chi connectivity index (χ4v) is 2.91. The Labute approximate surface area is 89.3 Å². The highest BCUT2D eigenvalue weighted by Gasteiger charge is 2.16. The number of thioether (sulfide) groups is 1. The number of nitrogens with two attached hydrogens (primary N) is 1. The van der Waals surface area contributed by atoms with Crippen molar-refractivity contribution in [3.8, 4) is 0 Å². The first-order valence-electron chi connectivity index (χ1n) is 5.00. The molecule has 2 rings (SSSR count). The summed E-state index contributed by atoms with van der Waals surface area (Å²) < 4.78 is 0. The lowest BCUT2D eigenvalue weighted by Crippen LogP contribution is -2.10. The molecule has 1 fully saturated rings. The van der Waals surface area contributed by atoms with E-state index in [-0.39, 0.29) is 0 Å².